The van der Waals surface area contributed by atoms with E-state index >= 15 is 0 Å². The van der Waals surface area contributed by atoms with Gasteiger partial charge in [-0.15, -0.1) is 5.10 Å². The van der Waals surface area contributed by atoms with Crippen molar-refractivity contribution in [1.82, 2.24) is 24.9 Å². The Morgan fingerprint density at radius 2 is 1.97 bits per heavy atom. The molecule has 0 bridgehead atoms. The maximum atomic E-state index is 14.0. The zero-order valence-electron chi connectivity index (χ0n) is 18.4. The Labute approximate surface area is 195 Å². The largest absolute Gasteiger partial charge is 0.444 e. The molecule has 0 atom stereocenters. The average molecular weight is 462 g/mol. The fourth-order valence-electron chi connectivity index (χ4n) is 3.70. The van der Waals surface area contributed by atoms with Crippen molar-refractivity contribution in [2.24, 2.45) is 0 Å². The van der Waals surface area contributed by atoms with E-state index in [1.165, 1.54) is 12.3 Å². The lowest BCUT2D eigenvalue weighted by Crippen LogP contribution is -2.43. The normalized spacial score (nSPS) is 13.7. The molecule has 0 saturated carbocycles. The van der Waals surface area contributed by atoms with Crippen LogP contribution < -0.4 is 5.32 Å². The number of morpholine rings is 1. The van der Waals surface area contributed by atoms with Gasteiger partial charge in [-0.1, -0.05) is 29.5 Å². The molecule has 4 aromatic rings. The van der Waals surface area contributed by atoms with Crippen molar-refractivity contribution in [3.05, 3.63) is 72.5 Å². The van der Waals surface area contributed by atoms with Crippen LogP contribution in [0.1, 0.15) is 5.69 Å². The molecule has 1 fully saturated rings. The highest BCUT2D eigenvalue weighted by atomic mass is 19.1. The Hall–Kier alpha value is -4.05. The van der Waals surface area contributed by atoms with E-state index in [0.717, 1.165) is 11.3 Å². The molecule has 0 unspecified atom stereocenters. The Bertz CT molecular complexity index is 1280. The maximum absolute atomic E-state index is 14.0. The van der Waals surface area contributed by atoms with Gasteiger partial charge in [0.1, 0.15) is 23.5 Å². The van der Waals surface area contributed by atoms with Crippen LogP contribution in [0.3, 0.4) is 0 Å². The smallest absolute Gasteiger partial charge is 0.242 e. The summed E-state index contributed by atoms with van der Waals surface area (Å²) in [5.41, 5.74) is 3.28. The van der Waals surface area contributed by atoms with E-state index in [1.54, 1.807) is 34.0 Å². The third-order valence-corrected chi connectivity index (χ3v) is 5.48. The van der Waals surface area contributed by atoms with Crippen molar-refractivity contribution in [2.45, 2.75) is 6.54 Å². The van der Waals surface area contributed by atoms with Crippen LogP contribution in [-0.4, -0.2) is 63.6 Å². The molecule has 2 aromatic heterocycles. The fraction of sp³-hybridized carbons (Fsp3) is 0.250. The predicted molar refractivity (Wildman–Crippen MR) is 122 cm³/mol. The Kier molecular flexibility index (Phi) is 6.30. The highest BCUT2D eigenvalue weighted by molar-refractivity contribution is 5.81. The molecular weight excluding hydrogens is 439 g/mol. The van der Waals surface area contributed by atoms with Crippen LogP contribution in [0, 0.1) is 5.82 Å². The second-order valence-electron chi connectivity index (χ2n) is 7.85. The first-order valence-electron chi connectivity index (χ1n) is 10.9. The van der Waals surface area contributed by atoms with Crippen LogP contribution in [0.2, 0.25) is 0 Å². The molecule has 9 nitrogen and oxygen atoms in total. The molecule has 0 spiro atoms. The Balaban J connectivity index is 1.23. The number of benzene rings is 2. The summed E-state index contributed by atoms with van der Waals surface area (Å²) in [4.78, 5) is 18.5. The van der Waals surface area contributed by atoms with Crippen molar-refractivity contribution in [1.29, 1.82) is 0 Å². The number of ether oxygens (including phenoxy) is 1. The highest BCUT2D eigenvalue weighted by Gasteiger charge is 2.16. The van der Waals surface area contributed by atoms with Gasteiger partial charge in [-0.2, -0.15) is 0 Å². The molecule has 0 aliphatic carbocycles. The van der Waals surface area contributed by atoms with Crippen LogP contribution in [0.25, 0.3) is 22.7 Å². The lowest BCUT2D eigenvalue weighted by molar-refractivity contribution is -0.133. The van der Waals surface area contributed by atoms with Crippen molar-refractivity contribution < 1.29 is 18.3 Å². The van der Waals surface area contributed by atoms with Crippen LogP contribution in [0.4, 0.5) is 10.1 Å². The van der Waals surface area contributed by atoms with Crippen LogP contribution in [0.15, 0.2) is 65.4 Å². The number of amides is 1. The van der Waals surface area contributed by atoms with Gasteiger partial charge < -0.3 is 19.4 Å². The molecule has 34 heavy (non-hydrogen) atoms. The number of rotatable bonds is 7. The molecule has 5 rings (SSSR count). The summed E-state index contributed by atoms with van der Waals surface area (Å²) in [5, 5.41) is 11.6. The van der Waals surface area contributed by atoms with Gasteiger partial charge >= 0.3 is 0 Å². The van der Waals surface area contributed by atoms with Gasteiger partial charge in [0, 0.05) is 24.3 Å². The minimum absolute atomic E-state index is 0.0435. The minimum Gasteiger partial charge on any atom is -0.444 e. The van der Waals surface area contributed by atoms with Crippen LogP contribution in [-0.2, 0) is 16.1 Å². The molecule has 1 saturated heterocycles. The molecular formula is C24H23FN6O3. The van der Waals surface area contributed by atoms with Crippen molar-refractivity contribution in [2.75, 3.05) is 38.2 Å². The SMILES string of the molecule is O=C(CNc1cccc(-c2cn(Cc3coc(-c4ccccc4F)n3)nn2)c1)N1CCOCC1. The van der Waals surface area contributed by atoms with Gasteiger partial charge in [0.15, 0.2) is 0 Å². The molecule has 1 amide bonds. The molecule has 1 aliphatic heterocycles. The summed E-state index contributed by atoms with van der Waals surface area (Å²) in [6.45, 7) is 2.95. The summed E-state index contributed by atoms with van der Waals surface area (Å²) in [6.07, 6.45) is 3.29. The summed E-state index contributed by atoms with van der Waals surface area (Å²) < 4.78 is 26.3. The number of aromatic nitrogens is 4. The number of hydrogen-bond donors (Lipinski definition) is 1. The summed E-state index contributed by atoms with van der Waals surface area (Å²) in [6, 6.07) is 14.0. The lowest BCUT2D eigenvalue weighted by Gasteiger charge is -2.27. The van der Waals surface area contributed by atoms with Gasteiger partial charge in [-0.05, 0) is 24.3 Å². The van der Waals surface area contributed by atoms with E-state index in [4.69, 9.17) is 9.15 Å². The minimum atomic E-state index is -0.390. The first-order chi connectivity index (χ1) is 16.7. The summed E-state index contributed by atoms with van der Waals surface area (Å²) in [7, 11) is 0. The monoisotopic (exact) mass is 462 g/mol. The van der Waals surface area contributed by atoms with E-state index in [9.17, 15) is 9.18 Å². The summed E-state index contributed by atoms with van der Waals surface area (Å²) >= 11 is 0. The number of halogens is 1. The Morgan fingerprint density at radius 1 is 1.12 bits per heavy atom. The number of carbonyl (C=O) groups is 1. The van der Waals surface area contributed by atoms with E-state index < -0.39 is 0 Å². The van der Waals surface area contributed by atoms with Crippen LogP contribution >= 0.6 is 0 Å². The Morgan fingerprint density at radius 3 is 2.82 bits per heavy atom. The number of oxazole rings is 1. The molecule has 0 radical (unpaired) electrons. The quantitative estimate of drug-likeness (QED) is 0.451. The number of nitrogens with zero attached hydrogens (tertiary/aromatic N) is 5. The molecule has 2 aromatic carbocycles. The van der Waals surface area contributed by atoms with Gasteiger partial charge in [-0.3, -0.25) is 4.79 Å². The van der Waals surface area contributed by atoms with E-state index in [2.05, 4.69) is 20.6 Å². The predicted octanol–water partition coefficient (Wildman–Crippen LogP) is 3.06. The number of anilines is 1. The second kappa shape index (κ2) is 9.84. The van der Waals surface area contributed by atoms with Gasteiger partial charge in [0.25, 0.3) is 0 Å². The topological polar surface area (TPSA) is 98.3 Å². The highest BCUT2D eigenvalue weighted by Crippen LogP contribution is 2.23. The molecule has 1 aliphatic rings. The van der Waals surface area contributed by atoms with E-state index in [-0.39, 0.29) is 24.2 Å². The van der Waals surface area contributed by atoms with Gasteiger partial charge in [-0.25, -0.2) is 14.1 Å². The summed E-state index contributed by atoms with van der Waals surface area (Å²) in [5.74, 6) is -0.125. The number of nitrogens with one attached hydrogen (secondary N) is 1. The molecule has 174 valence electrons. The van der Waals surface area contributed by atoms with Gasteiger partial charge in [0.05, 0.1) is 38.1 Å². The van der Waals surface area contributed by atoms with E-state index in [1.807, 2.05) is 24.3 Å². The number of carbonyl (C=O) groups excluding carboxylic acids is 1. The maximum Gasteiger partial charge on any atom is 0.242 e. The fourth-order valence-corrected chi connectivity index (χ4v) is 3.70. The third kappa shape index (κ3) is 4.96. The second-order valence-corrected chi connectivity index (χ2v) is 7.85. The van der Waals surface area contributed by atoms with Crippen molar-refractivity contribution in [3.63, 3.8) is 0 Å². The first kappa shape index (κ1) is 21.8. The van der Waals surface area contributed by atoms with Crippen LogP contribution in [0.5, 0.6) is 0 Å². The van der Waals surface area contributed by atoms with Crippen molar-refractivity contribution >= 4 is 11.6 Å². The molecule has 3 heterocycles. The van der Waals surface area contributed by atoms with E-state index in [0.29, 0.717) is 49.8 Å². The zero-order valence-corrected chi connectivity index (χ0v) is 18.4. The average Bonchev–Trinajstić information content (AvgIpc) is 3.54. The van der Waals surface area contributed by atoms with Crippen molar-refractivity contribution in [3.8, 4) is 22.7 Å². The first-order valence-corrected chi connectivity index (χ1v) is 10.9. The number of hydrogen-bond acceptors (Lipinski definition) is 7. The molecule has 10 heteroatoms. The van der Waals surface area contributed by atoms with Gasteiger partial charge in [0.2, 0.25) is 11.8 Å². The lowest BCUT2D eigenvalue weighted by atomic mass is 10.1. The molecule has 1 N–H and O–H groups in total. The third-order valence-electron chi connectivity index (χ3n) is 5.48. The standard InChI is InChI=1S/C24H23FN6O3/c25-21-7-2-1-6-20(21)24-27-19(16-34-24)14-31-15-22(28-29-31)17-4-3-5-18(12-17)26-13-23(32)30-8-10-33-11-9-30/h1-7,12,15-16,26H,8-11,13-14H2. The zero-order chi connectivity index (χ0) is 23.3.